The van der Waals surface area contributed by atoms with Crippen LogP contribution in [0.25, 0.3) is 0 Å². The van der Waals surface area contributed by atoms with E-state index in [4.69, 9.17) is 18.9 Å². The Bertz CT molecular complexity index is 1150. The average Bonchev–Trinajstić information content (AvgIpc) is 2.77. The van der Waals surface area contributed by atoms with Gasteiger partial charge in [-0.15, -0.1) is 0 Å². The number of ketones is 1. The summed E-state index contributed by atoms with van der Waals surface area (Å²) in [5.74, 6) is -3.65. The Morgan fingerprint density at radius 2 is 1.69 bits per heavy atom. The first kappa shape index (κ1) is 24.5. The lowest BCUT2D eigenvalue weighted by Gasteiger charge is -2.43. The Morgan fingerprint density at radius 3 is 2.34 bits per heavy atom. The molecule has 12 nitrogen and oxygen atoms in total. The van der Waals surface area contributed by atoms with Crippen molar-refractivity contribution >= 4 is 11.8 Å². The zero-order valence-electron chi connectivity index (χ0n) is 18.6. The quantitative estimate of drug-likeness (QED) is 0.258. The first-order valence-electron chi connectivity index (χ1n) is 10.6. The van der Waals surface area contributed by atoms with Crippen molar-refractivity contribution in [2.24, 2.45) is 0 Å². The number of phenolic OH excluding ortho intramolecular Hbond substituents is 4. The third-order valence-corrected chi connectivity index (χ3v) is 5.79. The molecule has 2 heterocycles. The maximum atomic E-state index is 13.4. The predicted molar refractivity (Wildman–Crippen MR) is 114 cm³/mol. The van der Waals surface area contributed by atoms with Gasteiger partial charge in [-0.25, -0.2) is 0 Å². The van der Waals surface area contributed by atoms with E-state index < -0.39 is 71.9 Å². The molecule has 2 aromatic rings. The Labute approximate surface area is 198 Å². The Balaban J connectivity index is 1.73. The monoisotopic (exact) mass is 492 g/mol. The summed E-state index contributed by atoms with van der Waals surface area (Å²) in [7, 11) is 0. The summed E-state index contributed by atoms with van der Waals surface area (Å²) >= 11 is 0. The maximum Gasteiger partial charge on any atom is 0.303 e. The summed E-state index contributed by atoms with van der Waals surface area (Å²) in [6.45, 7) is 2.54. The van der Waals surface area contributed by atoms with Gasteiger partial charge in [-0.05, 0) is 24.6 Å². The van der Waals surface area contributed by atoms with Crippen LogP contribution in [0.5, 0.6) is 28.7 Å². The first-order valence-corrected chi connectivity index (χ1v) is 10.6. The van der Waals surface area contributed by atoms with Crippen molar-refractivity contribution in [3.8, 4) is 28.7 Å². The normalized spacial score (nSPS) is 30.3. The molecule has 6 N–H and O–H groups in total. The molecule has 0 bridgehead atoms. The summed E-state index contributed by atoms with van der Waals surface area (Å²) in [5.41, 5.74) is -0.135. The number of esters is 1. The smallest absolute Gasteiger partial charge is 0.303 e. The predicted octanol–water partition coefficient (Wildman–Crippen LogP) is 0.609. The fourth-order valence-electron chi connectivity index (χ4n) is 4.08. The van der Waals surface area contributed by atoms with Gasteiger partial charge in [0.2, 0.25) is 5.78 Å². The van der Waals surface area contributed by atoms with Gasteiger partial charge in [-0.1, -0.05) is 6.07 Å². The molecule has 35 heavy (non-hydrogen) atoms. The van der Waals surface area contributed by atoms with Gasteiger partial charge in [0.1, 0.15) is 35.0 Å². The van der Waals surface area contributed by atoms with Crippen molar-refractivity contribution in [2.75, 3.05) is 0 Å². The average molecular weight is 492 g/mol. The van der Waals surface area contributed by atoms with E-state index in [0.29, 0.717) is 0 Å². The van der Waals surface area contributed by atoms with Crippen LogP contribution >= 0.6 is 0 Å². The van der Waals surface area contributed by atoms with E-state index in [2.05, 4.69) is 0 Å². The zero-order valence-corrected chi connectivity index (χ0v) is 18.6. The molecule has 0 aromatic heterocycles. The maximum absolute atomic E-state index is 13.4. The molecule has 4 rings (SSSR count). The van der Waals surface area contributed by atoms with E-state index in [9.17, 15) is 40.2 Å². The Kier molecular flexibility index (Phi) is 6.47. The molecule has 7 atom stereocenters. The standard InChI is InChI=1S/C23H24O12/c1-8-17(29)21(33-9(2)24)19(31)23(32-8)35-22-18(30)16-14(28)6-11(25)7-15(16)34-20(22)10-3-4-12(26)13(27)5-10/h3-8,17,19-23,25-29,31H,1-2H3/t8-,17-,19+,20+,21+,22-,23-/m0/s1. The summed E-state index contributed by atoms with van der Waals surface area (Å²) in [6, 6.07) is 5.68. The SMILES string of the molecule is CC(=O)O[C@@H]1[C@@H](O)[C@H](C)O[C@@H](O[C@H]2C(=O)c3c(O)cc(O)cc3O[C@@H]2c2ccc(O)c(O)c2)[C@@H]1O. The number of benzene rings is 2. The van der Waals surface area contributed by atoms with Gasteiger partial charge in [-0.3, -0.25) is 9.59 Å². The fourth-order valence-corrected chi connectivity index (χ4v) is 4.08. The number of carbonyl (C=O) groups excluding carboxylic acids is 2. The highest BCUT2D eigenvalue weighted by Crippen LogP contribution is 2.44. The second kappa shape index (κ2) is 9.23. The van der Waals surface area contributed by atoms with E-state index in [1.54, 1.807) is 0 Å². The van der Waals surface area contributed by atoms with Crippen molar-refractivity contribution < 1.29 is 59.2 Å². The second-order valence-electron chi connectivity index (χ2n) is 8.31. The van der Waals surface area contributed by atoms with Crippen LogP contribution in [0.4, 0.5) is 0 Å². The Morgan fingerprint density at radius 1 is 0.971 bits per heavy atom. The highest BCUT2D eigenvalue weighted by Gasteiger charge is 2.50. The molecule has 12 heteroatoms. The first-order chi connectivity index (χ1) is 16.5. The number of ether oxygens (including phenoxy) is 4. The van der Waals surface area contributed by atoms with Crippen molar-refractivity contribution in [3.63, 3.8) is 0 Å². The molecular weight excluding hydrogens is 468 g/mol. The van der Waals surface area contributed by atoms with Gasteiger partial charge >= 0.3 is 5.97 Å². The number of Topliss-reactive ketones (excluding diaryl/α,β-unsaturated/α-hetero) is 1. The lowest BCUT2D eigenvalue weighted by atomic mass is 9.92. The van der Waals surface area contributed by atoms with Crippen molar-refractivity contribution in [1.82, 2.24) is 0 Å². The number of phenols is 4. The van der Waals surface area contributed by atoms with Crippen molar-refractivity contribution in [3.05, 3.63) is 41.5 Å². The summed E-state index contributed by atoms with van der Waals surface area (Å²) in [5, 5.41) is 60.7. The molecule has 0 unspecified atom stereocenters. The van der Waals surface area contributed by atoms with E-state index in [1.165, 1.54) is 13.0 Å². The Hall–Kier alpha value is -3.58. The molecule has 188 valence electrons. The largest absolute Gasteiger partial charge is 0.508 e. The van der Waals surface area contributed by atoms with Gasteiger partial charge in [0.05, 0.1) is 6.10 Å². The van der Waals surface area contributed by atoms with Crippen LogP contribution in [0.1, 0.15) is 35.9 Å². The summed E-state index contributed by atoms with van der Waals surface area (Å²) < 4.78 is 22.2. The third-order valence-electron chi connectivity index (χ3n) is 5.79. The van der Waals surface area contributed by atoms with E-state index in [-0.39, 0.29) is 22.6 Å². The molecule has 2 aliphatic heterocycles. The molecular formula is C23H24O12. The highest BCUT2D eigenvalue weighted by atomic mass is 16.7. The van der Waals surface area contributed by atoms with Crippen LogP contribution < -0.4 is 4.74 Å². The van der Waals surface area contributed by atoms with E-state index in [1.807, 2.05) is 0 Å². The molecule has 0 aliphatic carbocycles. The van der Waals surface area contributed by atoms with Crippen LogP contribution in [-0.2, 0) is 19.0 Å². The number of hydrogen-bond acceptors (Lipinski definition) is 12. The molecule has 0 saturated carbocycles. The lowest BCUT2D eigenvalue weighted by molar-refractivity contribution is -0.306. The molecule has 0 spiro atoms. The number of aliphatic hydroxyl groups excluding tert-OH is 2. The minimum atomic E-state index is -1.71. The third kappa shape index (κ3) is 4.56. The number of rotatable bonds is 4. The van der Waals surface area contributed by atoms with Gasteiger partial charge in [0.15, 0.2) is 36.1 Å². The molecule has 1 saturated heterocycles. The number of aliphatic hydroxyl groups is 2. The van der Waals surface area contributed by atoms with Crippen molar-refractivity contribution in [2.45, 2.75) is 56.8 Å². The molecule has 0 radical (unpaired) electrons. The molecule has 2 aliphatic rings. The van der Waals surface area contributed by atoms with Crippen LogP contribution in [0.2, 0.25) is 0 Å². The van der Waals surface area contributed by atoms with Crippen molar-refractivity contribution in [1.29, 1.82) is 0 Å². The highest BCUT2D eigenvalue weighted by molar-refractivity contribution is 6.05. The minimum Gasteiger partial charge on any atom is -0.508 e. The number of carbonyl (C=O) groups is 2. The van der Waals surface area contributed by atoms with Crippen LogP contribution in [0, 0.1) is 0 Å². The number of fused-ring (bicyclic) bond motifs is 1. The van der Waals surface area contributed by atoms with Gasteiger partial charge in [0.25, 0.3) is 0 Å². The second-order valence-corrected chi connectivity index (χ2v) is 8.31. The van der Waals surface area contributed by atoms with E-state index in [0.717, 1.165) is 31.2 Å². The van der Waals surface area contributed by atoms with Crippen LogP contribution in [0.3, 0.4) is 0 Å². The van der Waals surface area contributed by atoms with Gasteiger partial charge in [0, 0.05) is 19.1 Å². The van der Waals surface area contributed by atoms with Crippen LogP contribution in [-0.4, -0.2) is 79.2 Å². The zero-order chi connectivity index (χ0) is 25.6. The van der Waals surface area contributed by atoms with E-state index >= 15 is 0 Å². The van der Waals surface area contributed by atoms with Gasteiger partial charge in [-0.2, -0.15) is 0 Å². The lowest BCUT2D eigenvalue weighted by Crippen LogP contribution is -2.60. The fraction of sp³-hybridized carbons (Fsp3) is 0.391. The molecule has 0 amide bonds. The van der Waals surface area contributed by atoms with Gasteiger partial charge < -0.3 is 49.6 Å². The van der Waals surface area contributed by atoms with Crippen LogP contribution in [0.15, 0.2) is 30.3 Å². The summed E-state index contributed by atoms with van der Waals surface area (Å²) in [6.07, 6.45) is -9.94. The molecule has 1 fully saturated rings. The minimum absolute atomic E-state index is 0.169. The number of aromatic hydroxyl groups is 4. The molecule has 2 aromatic carbocycles. The summed E-state index contributed by atoms with van der Waals surface area (Å²) in [4.78, 5) is 24.9. The number of hydrogen-bond donors (Lipinski definition) is 6. The topological polar surface area (TPSA) is 192 Å².